The molecule has 10 atom stereocenters. The van der Waals surface area contributed by atoms with Crippen molar-refractivity contribution in [3.05, 3.63) is 0 Å². The maximum absolute atomic E-state index is 11.5. The zero-order valence-electron chi connectivity index (χ0n) is 20.0. The average Bonchev–Trinajstić information content (AvgIpc) is 3.28. The van der Waals surface area contributed by atoms with Crippen LogP contribution in [0.2, 0.25) is 0 Å². The van der Waals surface area contributed by atoms with Gasteiger partial charge in [0.1, 0.15) is 0 Å². The number of ether oxygens (including phenoxy) is 2. The van der Waals surface area contributed by atoms with Crippen LogP contribution in [0.4, 0.5) is 0 Å². The lowest BCUT2D eigenvalue weighted by Crippen LogP contribution is -2.70. The van der Waals surface area contributed by atoms with Crippen molar-refractivity contribution in [2.75, 3.05) is 20.3 Å². The summed E-state index contributed by atoms with van der Waals surface area (Å²) in [7, 11) is 1.85. The van der Waals surface area contributed by atoms with Crippen LogP contribution in [0.1, 0.15) is 72.6 Å². The Bertz CT molecular complexity index is 731. The van der Waals surface area contributed by atoms with E-state index < -0.39 is 11.2 Å². The fourth-order valence-corrected chi connectivity index (χ4v) is 10.4. The third-order valence-electron chi connectivity index (χ3n) is 11.7. The molecule has 0 aromatic rings. The van der Waals surface area contributed by atoms with Crippen molar-refractivity contribution in [3.63, 3.8) is 0 Å². The quantitative estimate of drug-likeness (QED) is 0.553. The molecule has 5 rings (SSSR count). The van der Waals surface area contributed by atoms with E-state index in [0.717, 1.165) is 25.7 Å². The molecule has 0 aromatic carbocycles. The summed E-state index contributed by atoms with van der Waals surface area (Å²) in [4.78, 5) is 5.83. The maximum atomic E-state index is 11.5. The van der Waals surface area contributed by atoms with Gasteiger partial charge < -0.3 is 24.5 Å². The lowest BCUT2D eigenvalue weighted by molar-refractivity contribution is -0.286. The van der Waals surface area contributed by atoms with Crippen molar-refractivity contribution in [2.45, 2.75) is 96.1 Å². The number of hydrogen-bond acceptors (Lipinski definition) is 6. The second-order valence-electron chi connectivity index (χ2n) is 12.4. The molecule has 0 aliphatic heterocycles. The monoisotopic (exact) mass is 437 g/mol. The van der Waals surface area contributed by atoms with Gasteiger partial charge in [-0.05, 0) is 87.9 Å². The fourth-order valence-electron chi connectivity index (χ4n) is 10.4. The van der Waals surface area contributed by atoms with Gasteiger partial charge in [-0.2, -0.15) is 0 Å². The van der Waals surface area contributed by atoms with Crippen molar-refractivity contribution >= 4 is 0 Å². The zero-order valence-corrected chi connectivity index (χ0v) is 20.0. The normalized spacial score (nSPS) is 55.4. The third kappa shape index (κ3) is 2.45. The van der Waals surface area contributed by atoms with Gasteiger partial charge in [-0.25, -0.2) is 5.90 Å². The van der Waals surface area contributed by atoms with Crippen LogP contribution in [0.5, 0.6) is 0 Å². The van der Waals surface area contributed by atoms with Gasteiger partial charge in [0.25, 0.3) is 0 Å². The molecule has 5 saturated carbocycles. The van der Waals surface area contributed by atoms with Crippen LogP contribution in [-0.2, 0) is 14.3 Å². The minimum atomic E-state index is -0.436. The van der Waals surface area contributed by atoms with Crippen molar-refractivity contribution in [2.24, 2.45) is 45.8 Å². The van der Waals surface area contributed by atoms with E-state index in [1.165, 1.54) is 19.3 Å². The second kappa shape index (κ2) is 6.89. The van der Waals surface area contributed by atoms with E-state index in [4.69, 9.17) is 20.2 Å². The summed E-state index contributed by atoms with van der Waals surface area (Å²) in [6.07, 6.45) is 6.89. The van der Waals surface area contributed by atoms with Gasteiger partial charge in [-0.1, -0.05) is 13.8 Å². The number of nitrogens with two attached hydrogens (primary N) is 1. The van der Waals surface area contributed by atoms with Crippen LogP contribution in [0.25, 0.3) is 0 Å². The number of rotatable bonds is 6. The molecule has 5 fully saturated rings. The topological polar surface area (TPSA) is 94.2 Å². The molecule has 5 aliphatic carbocycles. The van der Waals surface area contributed by atoms with Crippen LogP contribution in [0.15, 0.2) is 0 Å². The Kier molecular flexibility index (Phi) is 5.01. The SMILES string of the molecule is CO[C@]12CCC(C(C)(C)OCCO)[C@@]1(C)[C@H](ON)CC1C2C[C@@H](O)[C@]23CC2CC[C@]13C. The largest absolute Gasteiger partial charge is 0.394 e. The molecule has 1 spiro atoms. The van der Waals surface area contributed by atoms with Gasteiger partial charge >= 0.3 is 0 Å². The minimum absolute atomic E-state index is 0.0115. The highest BCUT2D eigenvalue weighted by Gasteiger charge is 2.81. The molecule has 4 unspecified atom stereocenters. The summed E-state index contributed by atoms with van der Waals surface area (Å²) in [5.74, 6) is 7.66. The summed E-state index contributed by atoms with van der Waals surface area (Å²) in [5.41, 5.74) is -0.932. The van der Waals surface area contributed by atoms with Gasteiger partial charge in [-0.15, -0.1) is 0 Å². The summed E-state index contributed by atoms with van der Waals surface area (Å²) < 4.78 is 12.8. The molecule has 0 aromatic heterocycles. The van der Waals surface area contributed by atoms with Gasteiger partial charge in [0.05, 0.1) is 36.6 Å². The summed E-state index contributed by atoms with van der Waals surface area (Å²) >= 11 is 0. The second-order valence-corrected chi connectivity index (χ2v) is 12.4. The Morgan fingerprint density at radius 1 is 1.10 bits per heavy atom. The van der Waals surface area contributed by atoms with Crippen molar-refractivity contribution in [3.8, 4) is 0 Å². The van der Waals surface area contributed by atoms with Gasteiger partial charge in [0, 0.05) is 17.9 Å². The molecule has 0 heterocycles. The van der Waals surface area contributed by atoms with Gasteiger partial charge in [-0.3, -0.25) is 0 Å². The van der Waals surface area contributed by atoms with Crippen molar-refractivity contribution in [1.29, 1.82) is 0 Å². The highest BCUT2D eigenvalue weighted by Crippen LogP contribution is 2.82. The molecule has 0 bridgehead atoms. The Balaban J connectivity index is 1.58. The van der Waals surface area contributed by atoms with E-state index in [1.54, 1.807) is 0 Å². The zero-order chi connectivity index (χ0) is 22.4. The van der Waals surface area contributed by atoms with Crippen LogP contribution >= 0.6 is 0 Å². The van der Waals surface area contributed by atoms with Gasteiger partial charge in [0.2, 0.25) is 0 Å². The summed E-state index contributed by atoms with van der Waals surface area (Å²) in [6.45, 7) is 9.32. The number of aliphatic hydroxyl groups is 2. The summed E-state index contributed by atoms with van der Waals surface area (Å²) in [6, 6.07) is 0. The molecule has 31 heavy (non-hydrogen) atoms. The average molecular weight is 438 g/mol. The predicted octanol–water partition coefficient (Wildman–Crippen LogP) is 3.04. The number of methoxy groups -OCH3 is 1. The van der Waals surface area contributed by atoms with E-state index in [2.05, 4.69) is 27.7 Å². The standard InChI is InChI=1S/C25H43NO5/c1-21(2,30-11-10-27)18-7-9-25(29-5)17-12-19(28)24-14-15(24)6-8-22(24,3)16(17)13-20(31-26)23(18,25)4/h15-20,27-28H,6-14,26H2,1-5H3/t15?,16?,17?,18?,19-,20-,22-,23+,24+,25+/m1/s1. The first-order chi connectivity index (χ1) is 14.6. The van der Waals surface area contributed by atoms with Crippen LogP contribution in [-0.4, -0.2) is 53.9 Å². The van der Waals surface area contributed by atoms with E-state index >= 15 is 0 Å². The Labute approximate surface area is 187 Å². The first-order valence-electron chi connectivity index (χ1n) is 12.4. The molecule has 0 radical (unpaired) electrons. The van der Waals surface area contributed by atoms with E-state index in [0.29, 0.717) is 18.4 Å². The molecule has 4 N–H and O–H groups in total. The summed E-state index contributed by atoms with van der Waals surface area (Å²) in [5, 5.41) is 20.9. The Morgan fingerprint density at radius 2 is 1.84 bits per heavy atom. The minimum Gasteiger partial charge on any atom is -0.394 e. The number of fused-ring (bicyclic) bond motifs is 4. The fraction of sp³-hybridized carbons (Fsp3) is 1.00. The molecule has 6 heteroatoms. The maximum Gasteiger partial charge on any atom is 0.0875 e. The first kappa shape index (κ1) is 22.5. The predicted molar refractivity (Wildman–Crippen MR) is 117 cm³/mol. The Morgan fingerprint density at radius 3 is 2.45 bits per heavy atom. The molecule has 5 aliphatic rings. The molecule has 0 amide bonds. The van der Waals surface area contributed by atoms with Crippen LogP contribution in [0, 0.1) is 39.9 Å². The molecular weight excluding hydrogens is 394 g/mol. The Hall–Kier alpha value is -0.240. The smallest absolute Gasteiger partial charge is 0.0875 e. The highest BCUT2D eigenvalue weighted by molar-refractivity contribution is 5.29. The van der Waals surface area contributed by atoms with Gasteiger partial charge in [0.15, 0.2) is 0 Å². The lowest BCUT2D eigenvalue weighted by Gasteiger charge is -2.66. The number of hydrogen-bond donors (Lipinski definition) is 3. The van der Waals surface area contributed by atoms with Crippen molar-refractivity contribution in [1.82, 2.24) is 0 Å². The van der Waals surface area contributed by atoms with Crippen molar-refractivity contribution < 1.29 is 24.5 Å². The lowest BCUT2D eigenvalue weighted by atomic mass is 9.42. The van der Waals surface area contributed by atoms with Crippen LogP contribution in [0.3, 0.4) is 0 Å². The number of aliphatic hydroxyl groups excluding tert-OH is 2. The molecule has 6 nitrogen and oxygen atoms in total. The van der Waals surface area contributed by atoms with E-state index in [1.807, 2.05) is 7.11 Å². The molecule has 0 saturated heterocycles. The molecule has 178 valence electrons. The van der Waals surface area contributed by atoms with E-state index in [-0.39, 0.29) is 46.9 Å². The first-order valence-corrected chi connectivity index (χ1v) is 12.4. The van der Waals surface area contributed by atoms with E-state index in [9.17, 15) is 10.2 Å². The highest BCUT2D eigenvalue weighted by atomic mass is 16.6. The van der Waals surface area contributed by atoms with Crippen LogP contribution < -0.4 is 5.90 Å². The molecular formula is C25H43NO5. The third-order valence-corrected chi connectivity index (χ3v) is 11.7.